The van der Waals surface area contributed by atoms with Crippen molar-refractivity contribution in [1.29, 1.82) is 0 Å². The van der Waals surface area contributed by atoms with Crippen LogP contribution in [0, 0.1) is 0 Å². The Hall–Kier alpha value is -2.03. The average Bonchev–Trinajstić information content (AvgIpc) is 3.01. The van der Waals surface area contributed by atoms with Crippen molar-refractivity contribution >= 4 is 28.8 Å². The molecule has 9 heteroatoms. The molecule has 0 aromatic carbocycles. The van der Waals surface area contributed by atoms with Gasteiger partial charge >= 0.3 is 5.69 Å². The Morgan fingerprint density at radius 1 is 1.15 bits per heavy atom. The van der Waals surface area contributed by atoms with Crippen molar-refractivity contribution in [2.75, 3.05) is 5.75 Å². The highest BCUT2D eigenvalue weighted by Gasteiger charge is 2.29. The third-order valence-electron chi connectivity index (χ3n) is 5.44. The molecule has 0 aliphatic carbocycles. The first-order valence-electron chi connectivity index (χ1n) is 9.38. The maximum atomic E-state index is 12.8. The fourth-order valence-electron chi connectivity index (χ4n) is 3.94. The second-order valence-electron chi connectivity index (χ2n) is 7.24. The van der Waals surface area contributed by atoms with Gasteiger partial charge in [0.05, 0.1) is 5.75 Å². The molecule has 0 saturated carbocycles. The van der Waals surface area contributed by atoms with E-state index >= 15 is 0 Å². The van der Waals surface area contributed by atoms with Crippen LogP contribution < -0.4 is 11.2 Å². The lowest BCUT2D eigenvalue weighted by atomic mass is 9.98. The van der Waals surface area contributed by atoms with Gasteiger partial charge in [-0.25, -0.2) is 9.78 Å². The molecular weight excluding hydrogens is 366 g/mol. The largest absolute Gasteiger partial charge is 0.337 e. The van der Waals surface area contributed by atoms with E-state index in [1.807, 2.05) is 11.8 Å². The quantitative estimate of drug-likeness (QED) is 0.732. The monoisotopic (exact) mass is 393 g/mol. The van der Waals surface area contributed by atoms with Gasteiger partial charge in [0.25, 0.3) is 5.56 Å². The van der Waals surface area contributed by atoms with Crippen molar-refractivity contribution in [3.05, 3.63) is 20.8 Å². The number of hydrogen-bond acceptors (Lipinski definition) is 5. The Kier molecular flexibility index (Phi) is 5.50. The molecule has 2 atom stereocenters. The fourth-order valence-corrected chi connectivity index (χ4v) is 4.87. The summed E-state index contributed by atoms with van der Waals surface area (Å²) < 4.78 is 4.26. The molecule has 0 bridgehead atoms. The zero-order valence-electron chi connectivity index (χ0n) is 16.6. The highest BCUT2D eigenvalue weighted by molar-refractivity contribution is 7.99. The van der Waals surface area contributed by atoms with Crippen molar-refractivity contribution in [3.8, 4) is 0 Å². The summed E-state index contributed by atoms with van der Waals surface area (Å²) in [7, 11) is 3.07. The predicted octanol–water partition coefficient (Wildman–Crippen LogP) is 1.34. The SMILES string of the molecule is CCn1c(SCC(=O)N2[C@H](C)CCC[C@@H]2C)nc2c1c(=O)n(C)c(=O)n2C. The molecule has 27 heavy (non-hydrogen) atoms. The minimum absolute atomic E-state index is 0.0937. The number of imidazole rings is 1. The van der Waals surface area contributed by atoms with Crippen LogP contribution in [0.25, 0.3) is 11.2 Å². The number of carbonyl (C=O) groups excluding carboxylic acids is 1. The van der Waals surface area contributed by atoms with Gasteiger partial charge in [0, 0.05) is 32.7 Å². The van der Waals surface area contributed by atoms with E-state index in [9.17, 15) is 14.4 Å². The number of piperidine rings is 1. The zero-order valence-corrected chi connectivity index (χ0v) is 17.4. The van der Waals surface area contributed by atoms with E-state index in [4.69, 9.17) is 0 Å². The number of fused-ring (bicyclic) bond motifs is 1. The average molecular weight is 394 g/mol. The van der Waals surface area contributed by atoms with Gasteiger partial charge in [-0.2, -0.15) is 0 Å². The van der Waals surface area contributed by atoms with Gasteiger partial charge in [-0.3, -0.25) is 18.7 Å². The molecule has 0 unspecified atom stereocenters. The maximum Gasteiger partial charge on any atom is 0.332 e. The van der Waals surface area contributed by atoms with Crippen LogP contribution in [-0.2, 0) is 25.4 Å². The second-order valence-corrected chi connectivity index (χ2v) is 8.18. The van der Waals surface area contributed by atoms with E-state index in [2.05, 4.69) is 18.8 Å². The van der Waals surface area contributed by atoms with Crippen LogP contribution in [0.15, 0.2) is 14.7 Å². The molecule has 148 valence electrons. The Balaban J connectivity index is 1.93. The number of amides is 1. The van der Waals surface area contributed by atoms with Crippen LogP contribution in [0.3, 0.4) is 0 Å². The Morgan fingerprint density at radius 3 is 2.37 bits per heavy atom. The number of likely N-dealkylation sites (tertiary alicyclic amines) is 1. The summed E-state index contributed by atoms with van der Waals surface area (Å²) in [5, 5.41) is 0.594. The van der Waals surface area contributed by atoms with Gasteiger partial charge in [-0.15, -0.1) is 0 Å². The molecule has 3 heterocycles. The molecular formula is C18H27N5O3S. The Morgan fingerprint density at radius 2 is 1.78 bits per heavy atom. The van der Waals surface area contributed by atoms with Gasteiger partial charge in [0.2, 0.25) is 5.91 Å². The number of hydrogen-bond donors (Lipinski definition) is 0. The van der Waals surface area contributed by atoms with E-state index < -0.39 is 5.69 Å². The standard InChI is InChI=1S/C18H27N5O3S/c1-6-22-14-15(20(4)18(26)21(5)16(14)25)19-17(22)27-10-13(24)23-11(2)8-7-9-12(23)3/h11-12H,6-10H2,1-5H3/t11-,12+. The molecule has 0 spiro atoms. The minimum Gasteiger partial charge on any atom is -0.337 e. The Bertz CT molecular complexity index is 980. The van der Waals surface area contributed by atoms with E-state index in [1.165, 1.54) is 23.4 Å². The topological polar surface area (TPSA) is 82.1 Å². The van der Waals surface area contributed by atoms with Crippen LogP contribution in [0.4, 0.5) is 0 Å². The van der Waals surface area contributed by atoms with Gasteiger partial charge in [-0.05, 0) is 40.0 Å². The van der Waals surface area contributed by atoms with Gasteiger partial charge in [0.1, 0.15) is 0 Å². The first-order chi connectivity index (χ1) is 12.8. The molecule has 3 rings (SSSR count). The molecule has 1 fully saturated rings. The van der Waals surface area contributed by atoms with E-state index in [1.54, 1.807) is 11.6 Å². The number of aryl methyl sites for hydroxylation is 2. The first kappa shape index (κ1) is 19.7. The number of nitrogens with zero attached hydrogens (tertiary/aromatic N) is 5. The van der Waals surface area contributed by atoms with Crippen LogP contribution in [-0.4, -0.2) is 47.3 Å². The molecule has 8 nitrogen and oxygen atoms in total. The van der Waals surface area contributed by atoms with Gasteiger partial charge in [-0.1, -0.05) is 11.8 Å². The molecule has 2 aromatic rings. The van der Waals surface area contributed by atoms with Crippen LogP contribution in [0.1, 0.15) is 40.0 Å². The number of aromatic nitrogens is 4. The number of carbonyl (C=O) groups is 1. The highest BCUT2D eigenvalue weighted by atomic mass is 32.2. The summed E-state index contributed by atoms with van der Waals surface area (Å²) in [4.78, 5) is 44.0. The third kappa shape index (κ3) is 3.33. The summed E-state index contributed by atoms with van der Waals surface area (Å²) in [5.41, 5.74) is -0.00730. The van der Waals surface area contributed by atoms with Crippen molar-refractivity contribution < 1.29 is 4.79 Å². The third-order valence-corrected chi connectivity index (χ3v) is 6.40. The molecule has 1 aliphatic heterocycles. The zero-order chi connectivity index (χ0) is 19.9. The van der Waals surface area contributed by atoms with Gasteiger partial charge < -0.3 is 9.47 Å². The van der Waals surface area contributed by atoms with Crippen LogP contribution in [0.5, 0.6) is 0 Å². The van der Waals surface area contributed by atoms with Crippen molar-refractivity contribution in [1.82, 2.24) is 23.6 Å². The molecule has 1 aliphatic rings. The number of thioether (sulfide) groups is 1. The van der Waals surface area contributed by atoms with Crippen molar-refractivity contribution in [2.45, 2.75) is 63.8 Å². The molecule has 1 saturated heterocycles. The van der Waals surface area contributed by atoms with Crippen LogP contribution in [0.2, 0.25) is 0 Å². The van der Waals surface area contributed by atoms with Crippen molar-refractivity contribution in [2.24, 2.45) is 14.1 Å². The van der Waals surface area contributed by atoms with Crippen LogP contribution >= 0.6 is 11.8 Å². The number of rotatable bonds is 4. The molecule has 0 radical (unpaired) electrons. The maximum absolute atomic E-state index is 12.8. The van der Waals surface area contributed by atoms with E-state index in [0.717, 1.165) is 23.8 Å². The van der Waals surface area contributed by atoms with E-state index in [-0.39, 0.29) is 29.3 Å². The normalized spacial score (nSPS) is 20.4. The lowest BCUT2D eigenvalue weighted by Crippen LogP contribution is -2.48. The molecule has 1 amide bonds. The second kappa shape index (κ2) is 7.53. The minimum atomic E-state index is -0.406. The fraction of sp³-hybridized carbons (Fsp3) is 0.667. The molecule has 0 N–H and O–H groups in total. The predicted molar refractivity (Wildman–Crippen MR) is 106 cm³/mol. The highest BCUT2D eigenvalue weighted by Crippen LogP contribution is 2.26. The summed E-state index contributed by atoms with van der Waals surface area (Å²) in [5.74, 6) is 0.364. The molecule has 2 aromatic heterocycles. The lowest BCUT2D eigenvalue weighted by Gasteiger charge is -2.39. The first-order valence-corrected chi connectivity index (χ1v) is 10.4. The summed E-state index contributed by atoms with van der Waals surface area (Å²) in [6.07, 6.45) is 3.22. The lowest BCUT2D eigenvalue weighted by molar-refractivity contribution is -0.134. The van der Waals surface area contributed by atoms with Crippen molar-refractivity contribution in [3.63, 3.8) is 0 Å². The summed E-state index contributed by atoms with van der Waals surface area (Å²) in [6.45, 7) is 6.65. The van der Waals surface area contributed by atoms with Gasteiger partial charge in [0.15, 0.2) is 16.3 Å². The van der Waals surface area contributed by atoms with E-state index in [0.29, 0.717) is 22.9 Å². The summed E-state index contributed by atoms with van der Waals surface area (Å²) in [6, 6.07) is 0.500. The summed E-state index contributed by atoms with van der Waals surface area (Å²) >= 11 is 1.33. The Labute approximate surface area is 162 Å². The smallest absolute Gasteiger partial charge is 0.332 e.